The van der Waals surface area contributed by atoms with Gasteiger partial charge in [-0.05, 0) is 38.5 Å². The number of benzene rings is 1. The lowest BCUT2D eigenvalue weighted by Gasteiger charge is -2.17. The van der Waals surface area contributed by atoms with Crippen molar-refractivity contribution in [2.75, 3.05) is 0 Å². The first kappa shape index (κ1) is 11.8. The molecule has 0 amide bonds. The van der Waals surface area contributed by atoms with Gasteiger partial charge in [0, 0.05) is 17.5 Å². The summed E-state index contributed by atoms with van der Waals surface area (Å²) < 4.78 is 5.17. The van der Waals surface area contributed by atoms with Crippen LogP contribution in [0.4, 0.5) is 0 Å². The van der Waals surface area contributed by atoms with E-state index in [0.717, 1.165) is 5.52 Å². The molecule has 2 aromatic rings. The van der Waals surface area contributed by atoms with E-state index in [2.05, 4.69) is 4.98 Å². The number of ketones is 1. The van der Waals surface area contributed by atoms with Gasteiger partial charge in [-0.1, -0.05) is 0 Å². The molecule has 0 spiro atoms. The molecule has 2 N–H and O–H groups in total. The summed E-state index contributed by atoms with van der Waals surface area (Å²) in [6, 6.07) is 5.30. The molecule has 0 atom stereocenters. The molecule has 0 aliphatic carbocycles. The van der Waals surface area contributed by atoms with Crippen molar-refractivity contribution in [1.29, 1.82) is 0 Å². The molecular weight excluding hydrogens is 216 g/mol. The van der Waals surface area contributed by atoms with E-state index in [-0.39, 0.29) is 11.3 Å². The number of hydrogen-bond donors (Lipinski definition) is 1. The number of hydrogen-bond acceptors (Lipinski definition) is 4. The number of aromatic nitrogens is 1. The summed E-state index contributed by atoms with van der Waals surface area (Å²) in [6.07, 6.45) is 2.49. The highest BCUT2D eigenvalue weighted by atomic mass is 16.3. The van der Waals surface area contributed by atoms with Crippen molar-refractivity contribution in [1.82, 2.24) is 4.98 Å². The van der Waals surface area contributed by atoms with Crippen LogP contribution in [0.1, 0.15) is 37.0 Å². The molecule has 90 valence electrons. The van der Waals surface area contributed by atoms with Crippen LogP contribution in [0.5, 0.6) is 0 Å². The molecule has 0 saturated heterocycles. The van der Waals surface area contributed by atoms with E-state index in [0.29, 0.717) is 24.0 Å². The second-order valence-electron chi connectivity index (χ2n) is 4.95. The molecule has 0 aliphatic rings. The normalized spacial score (nSPS) is 11.9. The zero-order valence-corrected chi connectivity index (χ0v) is 10.1. The lowest BCUT2D eigenvalue weighted by Crippen LogP contribution is -2.32. The largest absolute Gasteiger partial charge is 0.443 e. The Labute approximate surface area is 99.8 Å². The third kappa shape index (κ3) is 2.91. The summed E-state index contributed by atoms with van der Waals surface area (Å²) >= 11 is 0. The van der Waals surface area contributed by atoms with E-state index in [1.165, 1.54) is 6.39 Å². The van der Waals surface area contributed by atoms with Crippen LogP contribution in [0.3, 0.4) is 0 Å². The number of carbonyl (C=O) groups excluding carboxylic acids is 1. The molecule has 4 nitrogen and oxygen atoms in total. The fraction of sp³-hybridized carbons (Fsp3) is 0.385. The van der Waals surface area contributed by atoms with Crippen molar-refractivity contribution in [2.24, 2.45) is 5.73 Å². The number of fused-ring (bicyclic) bond motifs is 1. The first-order chi connectivity index (χ1) is 7.96. The maximum absolute atomic E-state index is 11.9. The molecule has 0 bridgehead atoms. The molecule has 1 aromatic heterocycles. The quantitative estimate of drug-likeness (QED) is 0.822. The lowest BCUT2D eigenvalue weighted by atomic mass is 9.96. The molecule has 1 heterocycles. The molecule has 17 heavy (non-hydrogen) atoms. The van der Waals surface area contributed by atoms with Crippen LogP contribution < -0.4 is 5.73 Å². The molecule has 4 heteroatoms. The van der Waals surface area contributed by atoms with Crippen LogP contribution in [0, 0.1) is 0 Å². The van der Waals surface area contributed by atoms with Crippen molar-refractivity contribution in [3.63, 3.8) is 0 Å². The van der Waals surface area contributed by atoms with E-state index in [1.54, 1.807) is 18.2 Å². The van der Waals surface area contributed by atoms with E-state index >= 15 is 0 Å². The van der Waals surface area contributed by atoms with E-state index in [9.17, 15) is 4.79 Å². The fourth-order valence-electron chi connectivity index (χ4n) is 1.61. The van der Waals surface area contributed by atoms with Crippen molar-refractivity contribution in [3.05, 3.63) is 30.2 Å². The summed E-state index contributed by atoms with van der Waals surface area (Å²) in [6.45, 7) is 3.83. The van der Waals surface area contributed by atoms with Crippen LogP contribution in [0.2, 0.25) is 0 Å². The zero-order valence-electron chi connectivity index (χ0n) is 10.1. The Morgan fingerprint density at radius 1 is 1.47 bits per heavy atom. The Morgan fingerprint density at radius 3 is 2.94 bits per heavy atom. The minimum absolute atomic E-state index is 0.0850. The number of nitrogens with zero attached hydrogens (tertiary/aromatic N) is 1. The number of rotatable bonds is 4. The lowest BCUT2D eigenvalue weighted by molar-refractivity contribution is 0.0972. The Hall–Kier alpha value is -1.68. The highest BCUT2D eigenvalue weighted by Crippen LogP contribution is 2.17. The standard InChI is InChI=1S/C13H16N2O2/c1-13(2,14)6-5-11(16)9-3-4-10-12(7-9)17-8-15-10/h3-4,7-8H,5-6,14H2,1-2H3. The summed E-state index contributed by atoms with van der Waals surface area (Å²) in [5.41, 5.74) is 7.60. The van der Waals surface area contributed by atoms with Crippen LogP contribution >= 0.6 is 0 Å². The highest BCUT2D eigenvalue weighted by molar-refractivity contribution is 5.98. The first-order valence-corrected chi connectivity index (χ1v) is 5.61. The van der Waals surface area contributed by atoms with Gasteiger partial charge in [-0.15, -0.1) is 0 Å². The summed E-state index contributed by atoms with van der Waals surface area (Å²) in [5.74, 6) is 0.0850. The summed E-state index contributed by atoms with van der Waals surface area (Å²) in [4.78, 5) is 15.9. The monoisotopic (exact) mass is 232 g/mol. The molecule has 0 radical (unpaired) electrons. The van der Waals surface area contributed by atoms with Crippen LogP contribution in [-0.4, -0.2) is 16.3 Å². The molecular formula is C13H16N2O2. The van der Waals surface area contributed by atoms with Gasteiger partial charge in [-0.2, -0.15) is 0 Å². The number of carbonyl (C=O) groups is 1. The molecule has 0 saturated carbocycles. The van der Waals surface area contributed by atoms with Crippen molar-refractivity contribution in [2.45, 2.75) is 32.2 Å². The molecule has 0 fully saturated rings. The van der Waals surface area contributed by atoms with Gasteiger partial charge < -0.3 is 10.2 Å². The Balaban J connectivity index is 2.13. The second-order valence-corrected chi connectivity index (χ2v) is 4.95. The van der Waals surface area contributed by atoms with Gasteiger partial charge >= 0.3 is 0 Å². The SMILES string of the molecule is CC(C)(N)CCC(=O)c1ccc2ncoc2c1. The van der Waals surface area contributed by atoms with Gasteiger partial charge in [0.2, 0.25) is 0 Å². The van der Waals surface area contributed by atoms with E-state index in [1.807, 2.05) is 13.8 Å². The molecule has 0 unspecified atom stereocenters. The van der Waals surface area contributed by atoms with Crippen LogP contribution in [-0.2, 0) is 0 Å². The van der Waals surface area contributed by atoms with Gasteiger partial charge in [0.15, 0.2) is 17.8 Å². The minimum Gasteiger partial charge on any atom is -0.443 e. The number of Topliss-reactive ketones (excluding diaryl/α,β-unsaturated/α-hetero) is 1. The third-order valence-corrected chi connectivity index (χ3v) is 2.65. The predicted molar refractivity (Wildman–Crippen MR) is 65.8 cm³/mol. The Kier molecular flexibility index (Phi) is 2.98. The minimum atomic E-state index is -0.313. The van der Waals surface area contributed by atoms with Crippen molar-refractivity contribution in [3.8, 4) is 0 Å². The zero-order chi connectivity index (χ0) is 12.5. The molecule has 0 aliphatic heterocycles. The number of oxazole rings is 1. The number of nitrogens with two attached hydrogens (primary N) is 1. The molecule has 2 rings (SSSR count). The molecule has 1 aromatic carbocycles. The maximum atomic E-state index is 11.9. The van der Waals surface area contributed by atoms with Crippen LogP contribution in [0.25, 0.3) is 11.1 Å². The van der Waals surface area contributed by atoms with Gasteiger partial charge in [-0.25, -0.2) is 4.98 Å². The van der Waals surface area contributed by atoms with Gasteiger partial charge in [-0.3, -0.25) is 4.79 Å². The second kappa shape index (κ2) is 4.30. The van der Waals surface area contributed by atoms with Gasteiger partial charge in [0.1, 0.15) is 5.52 Å². The maximum Gasteiger partial charge on any atom is 0.181 e. The Morgan fingerprint density at radius 2 is 2.24 bits per heavy atom. The average Bonchev–Trinajstić information content (AvgIpc) is 2.71. The average molecular weight is 232 g/mol. The third-order valence-electron chi connectivity index (χ3n) is 2.65. The Bertz CT molecular complexity index is 538. The van der Waals surface area contributed by atoms with E-state index in [4.69, 9.17) is 10.2 Å². The topological polar surface area (TPSA) is 69.1 Å². The summed E-state index contributed by atoms with van der Waals surface area (Å²) in [7, 11) is 0. The van der Waals surface area contributed by atoms with Gasteiger partial charge in [0.05, 0.1) is 0 Å². The predicted octanol–water partition coefficient (Wildman–Crippen LogP) is 2.53. The highest BCUT2D eigenvalue weighted by Gasteiger charge is 2.15. The fourth-order valence-corrected chi connectivity index (χ4v) is 1.61. The van der Waals surface area contributed by atoms with Crippen molar-refractivity contribution >= 4 is 16.9 Å². The summed E-state index contributed by atoms with van der Waals surface area (Å²) in [5, 5.41) is 0. The van der Waals surface area contributed by atoms with Gasteiger partial charge in [0.25, 0.3) is 0 Å². The van der Waals surface area contributed by atoms with Crippen LogP contribution in [0.15, 0.2) is 29.0 Å². The smallest absolute Gasteiger partial charge is 0.181 e. The van der Waals surface area contributed by atoms with Crippen molar-refractivity contribution < 1.29 is 9.21 Å². The van der Waals surface area contributed by atoms with E-state index < -0.39 is 0 Å². The first-order valence-electron chi connectivity index (χ1n) is 5.61.